The maximum absolute atomic E-state index is 14.1. The molecule has 7 nitrogen and oxygen atoms in total. The van der Waals surface area contributed by atoms with Crippen LogP contribution in [0.1, 0.15) is 37.7 Å². The van der Waals surface area contributed by atoms with E-state index in [4.69, 9.17) is 4.74 Å². The van der Waals surface area contributed by atoms with E-state index in [0.29, 0.717) is 35.5 Å². The van der Waals surface area contributed by atoms with Crippen LogP contribution >= 0.6 is 0 Å². The molecule has 1 saturated carbocycles. The van der Waals surface area contributed by atoms with Crippen LogP contribution in [-0.2, 0) is 18.0 Å². The summed E-state index contributed by atoms with van der Waals surface area (Å²) in [6.45, 7) is 3.16. The third-order valence-electron chi connectivity index (χ3n) is 8.91. The zero-order valence-electron chi connectivity index (χ0n) is 20.8. The van der Waals surface area contributed by atoms with E-state index in [9.17, 15) is 13.2 Å². The van der Waals surface area contributed by atoms with Gasteiger partial charge >= 0.3 is 6.18 Å². The Kier molecular flexibility index (Phi) is 5.48. The first-order valence-electron chi connectivity index (χ1n) is 13.3. The van der Waals surface area contributed by atoms with Crippen LogP contribution in [0.25, 0.3) is 22.2 Å². The molecule has 196 valence electrons. The molecule has 5 heterocycles. The Balaban J connectivity index is 1.04. The minimum Gasteiger partial charge on any atom is -0.375 e. The lowest BCUT2D eigenvalue weighted by Gasteiger charge is -2.26. The molecule has 1 aromatic carbocycles. The van der Waals surface area contributed by atoms with Crippen molar-refractivity contribution in [1.82, 2.24) is 24.9 Å². The molecule has 0 spiro atoms. The molecule has 2 aromatic heterocycles. The van der Waals surface area contributed by atoms with Crippen molar-refractivity contribution in [1.29, 1.82) is 0 Å². The Bertz CT molecular complexity index is 1310. The van der Waals surface area contributed by atoms with Crippen molar-refractivity contribution in [2.24, 2.45) is 24.8 Å². The Morgan fingerprint density at radius 2 is 1.86 bits per heavy atom. The molecule has 6 atom stereocenters. The Labute approximate surface area is 213 Å². The standard InChI is InChI=1S/C27H31F3N6O/c1-35-11-18-6-15(2-4-23(18)34-35)24-10-22(27(28,29)30)26(33-32-24)31-20-7-16-12-36(13-17(16)8-20)14-19-9-21-3-5-25(19)37-21/h2,4,6,10-11,16-17,19-21,25H,3,5,7-9,12-14H2,1H3,(H,31,33)/t16-,17+,19-,20-,21?,25?/m1/s1. The van der Waals surface area contributed by atoms with Gasteiger partial charge in [0, 0.05) is 55.8 Å². The van der Waals surface area contributed by atoms with Crippen LogP contribution in [0.2, 0.25) is 0 Å². The number of likely N-dealkylation sites (tertiary alicyclic amines) is 1. The fourth-order valence-electron chi connectivity index (χ4n) is 7.29. The second-order valence-corrected chi connectivity index (χ2v) is 11.5. The molecule has 37 heavy (non-hydrogen) atoms. The van der Waals surface area contributed by atoms with Crippen LogP contribution in [0.4, 0.5) is 19.0 Å². The minimum absolute atomic E-state index is 0.0176. The zero-order chi connectivity index (χ0) is 25.3. The molecule has 3 aliphatic heterocycles. The SMILES string of the molecule is Cn1cc2cc(-c3cc(C(F)(F)F)c(N[C@@H]4C[C@@H]5CN(C[C@H]6CC7CCC6O7)C[C@@H]5C4)nn3)ccc2n1. The molecule has 4 aliphatic rings. The Morgan fingerprint density at radius 3 is 2.57 bits per heavy atom. The molecule has 4 fully saturated rings. The lowest BCUT2D eigenvalue weighted by atomic mass is 9.89. The molecule has 7 rings (SSSR count). The van der Waals surface area contributed by atoms with Crippen molar-refractivity contribution in [2.45, 2.75) is 56.5 Å². The number of aryl methyl sites for hydroxylation is 1. The predicted molar refractivity (Wildman–Crippen MR) is 133 cm³/mol. The molecule has 3 aromatic rings. The van der Waals surface area contributed by atoms with Crippen molar-refractivity contribution in [3.8, 4) is 11.3 Å². The third-order valence-corrected chi connectivity index (χ3v) is 8.91. The first-order chi connectivity index (χ1) is 17.8. The molecular weight excluding hydrogens is 481 g/mol. The van der Waals surface area contributed by atoms with E-state index in [1.165, 1.54) is 19.3 Å². The second-order valence-electron chi connectivity index (χ2n) is 11.5. The lowest BCUT2D eigenvalue weighted by molar-refractivity contribution is -0.137. The van der Waals surface area contributed by atoms with Gasteiger partial charge < -0.3 is 15.0 Å². The number of hydrogen-bond acceptors (Lipinski definition) is 6. The summed E-state index contributed by atoms with van der Waals surface area (Å²) in [5.41, 5.74) is 0.801. The lowest BCUT2D eigenvalue weighted by Crippen LogP contribution is -2.34. The normalized spacial score (nSPS) is 31.5. The van der Waals surface area contributed by atoms with E-state index in [1.807, 2.05) is 13.2 Å². The highest BCUT2D eigenvalue weighted by Crippen LogP contribution is 2.44. The van der Waals surface area contributed by atoms with E-state index < -0.39 is 11.7 Å². The quantitative estimate of drug-likeness (QED) is 0.533. The van der Waals surface area contributed by atoms with Crippen molar-refractivity contribution < 1.29 is 17.9 Å². The summed E-state index contributed by atoms with van der Waals surface area (Å²) in [6.07, 6.45) is 3.54. The van der Waals surface area contributed by atoms with Crippen LogP contribution < -0.4 is 5.32 Å². The average Bonchev–Trinajstić information content (AvgIpc) is 3.65. The number of anilines is 1. The second kappa shape index (κ2) is 8.66. The van der Waals surface area contributed by atoms with Gasteiger partial charge in [0.15, 0.2) is 5.82 Å². The Morgan fingerprint density at radius 1 is 1.05 bits per heavy atom. The van der Waals surface area contributed by atoms with Gasteiger partial charge in [0.05, 0.1) is 23.4 Å². The van der Waals surface area contributed by atoms with E-state index in [2.05, 4.69) is 25.5 Å². The third kappa shape index (κ3) is 4.37. The summed E-state index contributed by atoms with van der Waals surface area (Å²) >= 11 is 0. The van der Waals surface area contributed by atoms with Gasteiger partial charge in [-0.3, -0.25) is 4.68 Å². The molecule has 0 amide bonds. The van der Waals surface area contributed by atoms with Crippen molar-refractivity contribution in [3.05, 3.63) is 36.0 Å². The van der Waals surface area contributed by atoms with Crippen molar-refractivity contribution in [2.75, 3.05) is 25.0 Å². The molecule has 1 N–H and O–H groups in total. The van der Waals surface area contributed by atoms with E-state index in [1.54, 1.807) is 22.9 Å². The summed E-state index contributed by atoms with van der Waals surface area (Å²) in [4.78, 5) is 2.56. The number of fused-ring (bicyclic) bond motifs is 4. The van der Waals surface area contributed by atoms with Gasteiger partial charge in [-0.05, 0) is 62.1 Å². The number of rotatable bonds is 5. The zero-order valence-corrected chi connectivity index (χ0v) is 20.8. The number of aromatic nitrogens is 4. The summed E-state index contributed by atoms with van der Waals surface area (Å²) in [5.74, 6) is 1.52. The van der Waals surface area contributed by atoms with E-state index >= 15 is 0 Å². The van der Waals surface area contributed by atoms with Gasteiger partial charge in [0.1, 0.15) is 5.56 Å². The molecule has 2 unspecified atom stereocenters. The van der Waals surface area contributed by atoms with Crippen LogP contribution in [0, 0.1) is 17.8 Å². The molecule has 3 saturated heterocycles. The smallest absolute Gasteiger partial charge is 0.375 e. The van der Waals surface area contributed by atoms with Crippen LogP contribution in [0.15, 0.2) is 30.5 Å². The number of nitrogens with zero attached hydrogens (tertiary/aromatic N) is 5. The summed E-state index contributed by atoms with van der Waals surface area (Å²) in [5, 5.41) is 16.5. The highest BCUT2D eigenvalue weighted by molar-refractivity contribution is 5.83. The monoisotopic (exact) mass is 512 g/mol. The summed E-state index contributed by atoms with van der Waals surface area (Å²) < 4.78 is 49.9. The number of ether oxygens (including phenoxy) is 1. The van der Waals surface area contributed by atoms with Crippen molar-refractivity contribution in [3.63, 3.8) is 0 Å². The van der Waals surface area contributed by atoms with Crippen LogP contribution in [0.5, 0.6) is 0 Å². The Hall–Kier alpha value is -2.72. The summed E-state index contributed by atoms with van der Waals surface area (Å²) in [6, 6.07) is 6.42. The number of alkyl halides is 3. The fourth-order valence-corrected chi connectivity index (χ4v) is 7.29. The van der Waals surface area contributed by atoms with Crippen LogP contribution in [0.3, 0.4) is 0 Å². The fraction of sp³-hybridized carbons (Fsp3) is 0.593. The van der Waals surface area contributed by atoms with E-state index in [0.717, 1.165) is 49.4 Å². The van der Waals surface area contributed by atoms with Gasteiger partial charge in [-0.15, -0.1) is 10.2 Å². The molecular formula is C27H31F3N6O. The van der Waals surface area contributed by atoms with Crippen LogP contribution in [-0.4, -0.2) is 62.8 Å². The highest BCUT2D eigenvalue weighted by Gasteiger charge is 2.46. The maximum Gasteiger partial charge on any atom is 0.420 e. The van der Waals surface area contributed by atoms with Gasteiger partial charge in [0.2, 0.25) is 0 Å². The van der Waals surface area contributed by atoms with Gasteiger partial charge in [-0.2, -0.15) is 18.3 Å². The topological polar surface area (TPSA) is 68.1 Å². The van der Waals surface area contributed by atoms with Gasteiger partial charge in [0.25, 0.3) is 0 Å². The number of benzene rings is 1. The number of nitrogens with one attached hydrogen (secondary N) is 1. The molecule has 10 heteroatoms. The summed E-state index contributed by atoms with van der Waals surface area (Å²) in [7, 11) is 1.81. The predicted octanol–water partition coefficient (Wildman–Crippen LogP) is 4.74. The largest absolute Gasteiger partial charge is 0.420 e. The molecule has 0 radical (unpaired) electrons. The van der Waals surface area contributed by atoms with Gasteiger partial charge in [-0.25, -0.2) is 0 Å². The first kappa shape index (κ1) is 23.4. The minimum atomic E-state index is -4.53. The highest BCUT2D eigenvalue weighted by atomic mass is 19.4. The number of halogens is 3. The maximum atomic E-state index is 14.1. The molecule has 1 aliphatic carbocycles. The van der Waals surface area contributed by atoms with Gasteiger partial charge in [-0.1, -0.05) is 6.07 Å². The first-order valence-corrected chi connectivity index (χ1v) is 13.3. The number of hydrogen-bond donors (Lipinski definition) is 1. The average molecular weight is 513 g/mol. The van der Waals surface area contributed by atoms with E-state index in [-0.39, 0.29) is 17.6 Å². The van der Waals surface area contributed by atoms with Crippen molar-refractivity contribution >= 4 is 16.7 Å². The molecule has 2 bridgehead atoms.